The van der Waals surface area contributed by atoms with E-state index in [0.717, 1.165) is 36.2 Å². The van der Waals surface area contributed by atoms with Crippen LogP contribution in [0, 0.1) is 0 Å². The minimum absolute atomic E-state index is 0.134. The molecule has 1 aliphatic rings. The number of aromatic nitrogens is 2. The normalized spacial score (nSPS) is 24.3. The molecule has 0 saturated heterocycles. The number of aliphatic hydroxyl groups excluding tert-OH is 1. The van der Waals surface area contributed by atoms with Crippen LogP contribution in [-0.2, 0) is 7.05 Å². The first-order valence-corrected chi connectivity index (χ1v) is 6.62. The molecule has 1 aromatic heterocycles. The average Bonchev–Trinajstić information content (AvgIpc) is 2.70. The van der Waals surface area contributed by atoms with Gasteiger partial charge in [-0.1, -0.05) is 25.0 Å². The SMILES string of the molecule is Cn1c(NC2CCCCC2O)nc2ccccc21. The van der Waals surface area contributed by atoms with Gasteiger partial charge >= 0.3 is 0 Å². The fourth-order valence-corrected chi connectivity index (χ4v) is 2.72. The predicted molar refractivity (Wildman–Crippen MR) is 72.6 cm³/mol. The molecule has 1 aliphatic carbocycles. The van der Waals surface area contributed by atoms with Gasteiger partial charge in [-0.3, -0.25) is 0 Å². The lowest BCUT2D eigenvalue weighted by Crippen LogP contribution is -2.37. The van der Waals surface area contributed by atoms with Gasteiger partial charge in [0.05, 0.1) is 23.2 Å². The number of hydrogen-bond donors (Lipinski definition) is 2. The zero-order valence-corrected chi connectivity index (χ0v) is 10.6. The second-order valence-corrected chi connectivity index (χ2v) is 5.09. The Labute approximate surface area is 107 Å². The second-order valence-electron chi connectivity index (χ2n) is 5.09. The molecule has 0 aliphatic heterocycles. The van der Waals surface area contributed by atoms with Crippen LogP contribution >= 0.6 is 0 Å². The molecule has 0 spiro atoms. The van der Waals surface area contributed by atoms with Crippen LogP contribution in [0.3, 0.4) is 0 Å². The van der Waals surface area contributed by atoms with Crippen LogP contribution in [0.2, 0.25) is 0 Å². The van der Waals surface area contributed by atoms with Crippen LogP contribution in [0.15, 0.2) is 24.3 Å². The van der Waals surface area contributed by atoms with Gasteiger partial charge in [0, 0.05) is 7.05 Å². The number of aryl methyl sites for hydroxylation is 1. The number of hydrogen-bond acceptors (Lipinski definition) is 3. The monoisotopic (exact) mass is 245 g/mol. The Morgan fingerprint density at radius 1 is 1.28 bits per heavy atom. The van der Waals surface area contributed by atoms with Crippen LogP contribution in [0.1, 0.15) is 25.7 Å². The van der Waals surface area contributed by atoms with Crippen molar-refractivity contribution in [1.82, 2.24) is 9.55 Å². The van der Waals surface area contributed by atoms with E-state index in [4.69, 9.17) is 0 Å². The summed E-state index contributed by atoms with van der Waals surface area (Å²) < 4.78 is 2.05. The fraction of sp³-hybridized carbons (Fsp3) is 0.500. The fourth-order valence-electron chi connectivity index (χ4n) is 2.72. The summed E-state index contributed by atoms with van der Waals surface area (Å²) in [6, 6.07) is 8.22. The largest absolute Gasteiger partial charge is 0.391 e. The molecule has 2 N–H and O–H groups in total. The van der Waals surface area contributed by atoms with Gasteiger partial charge in [0.15, 0.2) is 0 Å². The molecule has 4 heteroatoms. The van der Waals surface area contributed by atoms with Gasteiger partial charge in [-0.05, 0) is 25.0 Å². The van der Waals surface area contributed by atoms with Gasteiger partial charge in [-0.2, -0.15) is 0 Å². The van der Waals surface area contributed by atoms with E-state index in [-0.39, 0.29) is 12.1 Å². The summed E-state index contributed by atoms with van der Waals surface area (Å²) in [5.41, 5.74) is 2.11. The zero-order chi connectivity index (χ0) is 12.5. The maximum absolute atomic E-state index is 10.00. The van der Waals surface area contributed by atoms with Gasteiger partial charge in [0.1, 0.15) is 0 Å². The van der Waals surface area contributed by atoms with Crippen molar-refractivity contribution in [2.45, 2.75) is 37.8 Å². The standard InChI is InChI=1S/C14H19N3O/c1-17-12-8-4-2-6-10(12)15-14(17)16-11-7-3-5-9-13(11)18/h2,4,6,8,11,13,18H,3,5,7,9H2,1H3,(H,15,16). The highest BCUT2D eigenvalue weighted by Gasteiger charge is 2.24. The van der Waals surface area contributed by atoms with E-state index in [1.54, 1.807) is 0 Å². The maximum Gasteiger partial charge on any atom is 0.203 e. The molecular weight excluding hydrogens is 226 g/mol. The summed E-state index contributed by atoms with van der Waals surface area (Å²) in [6.45, 7) is 0. The lowest BCUT2D eigenvalue weighted by atomic mass is 9.93. The van der Waals surface area contributed by atoms with E-state index >= 15 is 0 Å². The number of fused-ring (bicyclic) bond motifs is 1. The highest BCUT2D eigenvalue weighted by Crippen LogP contribution is 2.24. The van der Waals surface area contributed by atoms with Crippen molar-refractivity contribution in [3.05, 3.63) is 24.3 Å². The summed E-state index contributed by atoms with van der Waals surface area (Å²) in [4.78, 5) is 4.58. The van der Waals surface area contributed by atoms with Gasteiger partial charge in [-0.15, -0.1) is 0 Å². The molecule has 0 radical (unpaired) electrons. The summed E-state index contributed by atoms with van der Waals surface area (Å²) in [5, 5.41) is 13.4. The van der Waals surface area contributed by atoms with E-state index in [2.05, 4.69) is 20.9 Å². The molecule has 18 heavy (non-hydrogen) atoms. The van der Waals surface area contributed by atoms with Gasteiger partial charge in [0.25, 0.3) is 0 Å². The quantitative estimate of drug-likeness (QED) is 0.853. The van der Waals surface area contributed by atoms with E-state index in [0.29, 0.717) is 0 Å². The topological polar surface area (TPSA) is 50.1 Å². The maximum atomic E-state index is 10.00. The summed E-state index contributed by atoms with van der Waals surface area (Å²) >= 11 is 0. The number of para-hydroxylation sites is 2. The van der Waals surface area contributed by atoms with Crippen LogP contribution in [-0.4, -0.2) is 26.8 Å². The lowest BCUT2D eigenvalue weighted by molar-refractivity contribution is 0.116. The average molecular weight is 245 g/mol. The minimum atomic E-state index is -0.251. The van der Waals surface area contributed by atoms with Crippen molar-refractivity contribution in [1.29, 1.82) is 0 Å². The van der Waals surface area contributed by atoms with Crippen molar-refractivity contribution < 1.29 is 5.11 Å². The van der Waals surface area contributed by atoms with Crippen molar-refractivity contribution >= 4 is 17.0 Å². The molecule has 4 nitrogen and oxygen atoms in total. The molecule has 1 heterocycles. The van der Waals surface area contributed by atoms with Gasteiger partial charge in [-0.25, -0.2) is 4.98 Å². The first-order valence-electron chi connectivity index (χ1n) is 6.62. The van der Waals surface area contributed by atoms with E-state index in [9.17, 15) is 5.11 Å². The van der Waals surface area contributed by atoms with Crippen LogP contribution in [0.5, 0.6) is 0 Å². The molecule has 0 bridgehead atoms. The molecule has 2 atom stereocenters. The third-order valence-corrected chi connectivity index (χ3v) is 3.83. The predicted octanol–water partition coefficient (Wildman–Crippen LogP) is 2.29. The number of aliphatic hydroxyl groups is 1. The third-order valence-electron chi connectivity index (χ3n) is 3.83. The number of nitrogens with one attached hydrogen (secondary N) is 1. The lowest BCUT2D eigenvalue weighted by Gasteiger charge is -2.28. The Kier molecular flexibility index (Phi) is 2.96. The molecule has 1 aromatic carbocycles. The Bertz CT molecular complexity index is 549. The van der Waals surface area contributed by atoms with Crippen molar-refractivity contribution in [3.8, 4) is 0 Å². The molecule has 2 unspecified atom stereocenters. The van der Waals surface area contributed by atoms with E-state index in [1.165, 1.54) is 6.42 Å². The molecule has 3 rings (SSSR count). The van der Waals surface area contributed by atoms with Gasteiger partial charge in [0.2, 0.25) is 5.95 Å². The third kappa shape index (κ3) is 1.97. The second kappa shape index (κ2) is 4.61. The van der Waals surface area contributed by atoms with E-state index < -0.39 is 0 Å². The molecule has 96 valence electrons. The molecular formula is C14H19N3O. The Morgan fingerprint density at radius 3 is 2.83 bits per heavy atom. The van der Waals surface area contributed by atoms with Crippen molar-refractivity contribution in [2.24, 2.45) is 7.05 Å². The number of imidazole rings is 1. The van der Waals surface area contributed by atoms with Crippen molar-refractivity contribution in [2.75, 3.05) is 5.32 Å². The number of benzene rings is 1. The Balaban J connectivity index is 1.88. The van der Waals surface area contributed by atoms with Gasteiger partial charge < -0.3 is 15.0 Å². The molecule has 0 amide bonds. The summed E-state index contributed by atoms with van der Waals surface area (Å²) in [6.07, 6.45) is 3.96. The molecule has 1 fully saturated rings. The van der Waals surface area contributed by atoms with Crippen LogP contribution in [0.4, 0.5) is 5.95 Å². The first-order chi connectivity index (χ1) is 8.75. The Morgan fingerprint density at radius 2 is 2.06 bits per heavy atom. The summed E-state index contributed by atoms with van der Waals surface area (Å²) in [7, 11) is 2.01. The zero-order valence-electron chi connectivity index (χ0n) is 10.6. The highest BCUT2D eigenvalue weighted by molar-refractivity contribution is 5.78. The molecule has 2 aromatic rings. The van der Waals surface area contributed by atoms with Crippen LogP contribution < -0.4 is 5.32 Å². The van der Waals surface area contributed by atoms with E-state index in [1.807, 2.05) is 25.2 Å². The molecule has 1 saturated carbocycles. The van der Waals surface area contributed by atoms with Crippen LogP contribution in [0.25, 0.3) is 11.0 Å². The Hall–Kier alpha value is -1.55. The highest BCUT2D eigenvalue weighted by atomic mass is 16.3. The number of nitrogens with zero attached hydrogens (tertiary/aromatic N) is 2. The number of rotatable bonds is 2. The smallest absolute Gasteiger partial charge is 0.203 e. The number of anilines is 1. The minimum Gasteiger partial charge on any atom is -0.391 e. The first kappa shape index (κ1) is 11.5. The van der Waals surface area contributed by atoms with Crippen molar-refractivity contribution in [3.63, 3.8) is 0 Å². The summed E-state index contributed by atoms with van der Waals surface area (Å²) in [5.74, 6) is 0.849.